The molecule has 0 spiro atoms. The summed E-state index contributed by atoms with van der Waals surface area (Å²) in [5, 5.41) is 36.3. The molecule has 3 rings (SSSR count). The smallest absolute Gasteiger partial charge is 0.161 e. The number of thioether (sulfide) groups is 1. The molecule has 0 aliphatic carbocycles. The SMILES string of the molecule is COc1cc(C2C(C#N)C(=N)SC(=N)C2C#N)ccc1OCc1ccc(Cl)c(Cl)c1. The Bertz CT molecular complexity index is 1060. The number of nitrogens with zero attached hydrogens (tertiary/aromatic N) is 2. The molecule has 0 aromatic heterocycles. The largest absolute Gasteiger partial charge is 0.493 e. The first-order valence-electron chi connectivity index (χ1n) is 8.78. The molecule has 1 saturated heterocycles. The molecule has 1 aliphatic heterocycles. The van der Waals surface area contributed by atoms with E-state index >= 15 is 0 Å². The Labute approximate surface area is 188 Å². The van der Waals surface area contributed by atoms with Crippen LogP contribution >= 0.6 is 35.0 Å². The van der Waals surface area contributed by atoms with Gasteiger partial charge in [0.15, 0.2) is 11.5 Å². The molecule has 0 bridgehead atoms. The van der Waals surface area contributed by atoms with Crippen LogP contribution in [0.15, 0.2) is 36.4 Å². The lowest BCUT2D eigenvalue weighted by molar-refractivity contribution is 0.284. The van der Waals surface area contributed by atoms with Crippen molar-refractivity contribution >= 4 is 45.1 Å². The maximum absolute atomic E-state index is 9.57. The van der Waals surface area contributed by atoms with Crippen LogP contribution in [0.1, 0.15) is 17.0 Å². The Hall–Kier alpha value is -2.71. The van der Waals surface area contributed by atoms with Gasteiger partial charge in [-0.3, -0.25) is 10.8 Å². The fraction of sp³-hybridized carbons (Fsp3) is 0.238. The van der Waals surface area contributed by atoms with Crippen LogP contribution in [0.5, 0.6) is 11.5 Å². The number of benzene rings is 2. The summed E-state index contributed by atoms with van der Waals surface area (Å²) < 4.78 is 11.3. The zero-order valence-corrected chi connectivity index (χ0v) is 18.1. The van der Waals surface area contributed by atoms with Crippen LogP contribution in [-0.2, 0) is 6.61 Å². The molecule has 2 aromatic carbocycles. The van der Waals surface area contributed by atoms with Crippen LogP contribution in [0.2, 0.25) is 10.0 Å². The molecule has 152 valence electrons. The summed E-state index contributed by atoms with van der Waals surface area (Å²) in [7, 11) is 1.50. The van der Waals surface area contributed by atoms with Crippen LogP contribution in [0, 0.1) is 45.3 Å². The van der Waals surface area contributed by atoms with Crippen LogP contribution in [0.3, 0.4) is 0 Å². The van der Waals surface area contributed by atoms with Crippen LogP contribution in [0.25, 0.3) is 0 Å². The zero-order chi connectivity index (χ0) is 21.8. The van der Waals surface area contributed by atoms with Gasteiger partial charge in [0, 0.05) is 5.92 Å². The summed E-state index contributed by atoms with van der Waals surface area (Å²) in [6.07, 6.45) is 0. The lowest BCUT2D eigenvalue weighted by Crippen LogP contribution is -2.34. The van der Waals surface area contributed by atoms with E-state index in [0.29, 0.717) is 27.1 Å². The van der Waals surface area contributed by atoms with E-state index in [2.05, 4.69) is 12.1 Å². The Morgan fingerprint density at radius 1 is 0.967 bits per heavy atom. The van der Waals surface area contributed by atoms with Crippen molar-refractivity contribution in [3.63, 3.8) is 0 Å². The molecule has 1 fully saturated rings. The minimum Gasteiger partial charge on any atom is -0.493 e. The molecule has 0 radical (unpaired) electrons. The molecule has 2 unspecified atom stereocenters. The first-order valence-corrected chi connectivity index (χ1v) is 10.4. The molecule has 6 nitrogen and oxygen atoms in total. The summed E-state index contributed by atoms with van der Waals surface area (Å²) >= 11 is 12.8. The standard InChI is InChI=1S/C21H16Cl2N4O2S/c1-28-18-7-12(19-13(8-24)20(26)30-21(27)14(19)9-25)3-5-17(18)29-10-11-2-4-15(22)16(23)6-11/h2-7,13-14,19,26-27H,10H2,1H3. The molecule has 2 aromatic rings. The highest BCUT2D eigenvalue weighted by molar-refractivity contribution is 8.26. The van der Waals surface area contributed by atoms with Crippen LogP contribution < -0.4 is 9.47 Å². The van der Waals surface area contributed by atoms with Gasteiger partial charge in [-0.2, -0.15) is 10.5 Å². The second kappa shape index (κ2) is 9.40. The fourth-order valence-electron chi connectivity index (χ4n) is 3.23. The summed E-state index contributed by atoms with van der Waals surface area (Å²) in [6.45, 7) is 0.240. The van der Waals surface area contributed by atoms with Gasteiger partial charge in [0.2, 0.25) is 0 Å². The van der Waals surface area contributed by atoms with Gasteiger partial charge >= 0.3 is 0 Å². The van der Waals surface area contributed by atoms with E-state index in [1.165, 1.54) is 7.11 Å². The number of nitrogens with one attached hydrogen (secondary N) is 2. The number of hydrogen-bond donors (Lipinski definition) is 2. The minimum absolute atomic E-state index is 0.0675. The first kappa shape index (κ1) is 22.0. The quantitative estimate of drug-likeness (QED) is 0.600. The average Bonchev–Trinajstić information content (AvgIpc) is 2.74. The Morgan fingerprint density at radius 2 is 1.63 bits per heavy atom. The van der Waals surface area contributed by atoms with Gasteiger partial charge in [0.05, 0.1) is 39.4 Å². The number of halogens is 2. The van der Waals surface area contributed by atoms with E-state index in [9.17, 15) is 10.5 Å². The van der Waals surface area contributed by atoms with Crippen molar-refractivity contribution in [3.8, 4) is 23.6 Å². The average molecular weight is 459 g/mol. The summed E-state index contributed by atoms with van der Waals surface area (Å²) in [6, 6.07) is 14.6. The third kappa shape index (κ3) is 4.39. The second-order valence-electron chi connectivity index (χ2n) is 6.52. The van der Waals surface area contributed by atoms with E-state index in [-0.39, 0.29) is 16.7 Å². The van der Waals surface area contributed by atoms with Crippen LogP contribution in [0.4, 0.5) is 0 Å². The van der Waals surface area contributed by atoms with Crippen molar-refractivity contribution in [1.82, 2.24) is 0 Å². The van der Waals surface area contributed by atoms with Crippen molar-refractivity contribution in [2.24, 2.45) is 11.8 Å². The van der Waals surface area contributed by atoms with Crippen molar-refractivity contribution in [1.29, 1.82) is 21.3 Å². The third-order valence-corrected chi connectivity index (χ3v) is 6.42. The maximum atomic E-state index is 9.57. The molecule has 0 saturated carbocycles. The van der Waals surface area contributed by atoms with Crippen molar-refractivity contribution in [2.45, 2.75) is 12.5 Å². The summed E-state index contributed by atoms with van der Waals surface area (Å²) in [5.41, 5.74) is 1.47. The monoisotopic (exact) mass is 458 g/mol. The molecule has 2 N–H and O–H groups in total. The second-order valence-corrected chi connectivity index (χ2v) is 8.42. The molecular formula is C21H16Cl2N4O2S. The molecule has 9 heteroatoms. The molecule has 30 heavy (non-hydrogen) atoms. The number of nitriles is 2. The van der Waals surface area contributed by atoms with Gasteiger partial charge in [0.25, 0.3) is 0 Å². The number of methoxy groups -OCH3 is 1. The number of rotatable bonds is 5. The zero-order valence-electron chi connectivity index (χ0n) is 15.8. The lowest BCUT2D eigenvalue weighted by Gasteiger charge is -2.32. The Kier molecular flexibility index (Phi) is 6.89. The van der Waals surface area contributed by atoms with E-state index in [1.807, 2.05) is 0 Å². The highest BCUT2D eigenvalue weighted by Gasteiger charge is 2.42. The topological polar surface area (TPSA) is 114 Å². The number of hydrogen-bond acceptors (Lipinski definition) is 7. The van der Waals surface area contributed by atoms with E-state index in [1.54, 1.807) is 36.4 Å². The Morgan fingerprint density at radius 3 is 2.20 bits per heavy atom. The molecule has 1 aliphatic rings. The van der Waals surface area contributed by atoms with Gasteiger partial charge in [-0.25, -0.2) is 0 Å². The van der Waals surface area contributed by atoms with Gasteiger partial charge in [-0.05, 0) is 35.4 Å². The predicted molar refractivity (Wildman–Crippen MR) is 118 cm³/mol. The maximum Gasteiger partial charge on any atom is 0.161 e. The molecule has 2 atom stereocenters. The summed E-state index contributed by atoms with van der Waals surface area (Å²) in [4.78, 5) is 0. The first-order chi connectivity index (χ1) is 14.4. The van der Waals surface area contributed by atoms with E-state index < -0.39 is 17.8 Å². The van der Waals surface area contributed by atoms with Crippen molar-refractivity contribution < 1.29 is 9.47 Å². The highest BCUT2D eigenvalue weighted by atomic mass is 35.5. The summed E-state index contributed by atoms with van der Waals surface area (Å²) in [5.74, 6) is -1.33. The van der Waals surface area contributed by atoms with Gasteiger partial charge in [0.1, 0.15) is 18.4 Å². The van der Waals surface area contributed by atoms with Gasteiger partial charge in [-0.15, -0.1) is 0 Å². The van der Waals surface area contributed by atoms with E-state index in [4.69, 9.17) is 43.5 Å². The molecule has 0 amide bonds. The fourth-order valence-corrected chi connectivity index (χ4v) is 4.44. The molecule has 1 heterocycles. The Balaban J connectivity index is 1.89. The number of ether oxygens (including phenoxy) is 2. The van der Waals surface area contributed by atoms with Gasteiger partial charge < -0.3 is 9.47 Å². The lowest BCUT2D eigenvalue weighted by atomic mass is 9.78. The van der Waals surface area contributed by atoms with E-state index in [0.717, 1.165) is 17.3 Å². The van der Waals surface area contributed by atoms with Crippen molar-refractivity contribution in [2.75, 3.05) is 7.11 Å². The highest BCUT2D eigenvalue weighted by Crippen LogP contribution is 2.44. The van der Waals surface area contributed by atoms with Crippen molar-refractivity contribution in [3.05, 3.63) is 57.6 Å². The normalized spacial score (nSPS) is 20.9. The van der Waals surface area contributed by atoms with Gasteiger partial charge in [-0.1, -0.05) is 47.1 Å². The van der Waals surface area contributed by atoms with Crippen LogP contribution in [-0.4, -0.2) is 17.2 Å². The minimum atomic E-state index is -0.804. The third-order valence-electron chi connectivity index (χ3n) is 4.73. The predicted octanol–water partition coefficient (Wildman–Crippen LogP) is 5.65. The molecular weight excluding hydrogens is 443 g/mol.